The topological polar surface area (TPSA) is 46.5 Å². The molecule has 4 nitrogen and oxygen atoms in total. The Hall–Kier alpha value is -2.59. The number of aromatic nitrogens is 1. The van der Waals surface area contributed by atoms with Crippen molar-refractivity contribution in [2.75, 3.05) is 12.5 Å². The minimum absolute atomic E-state index is 0.415. The number of nitrogens with zero attached hydrogens (tertiary/aromatic N) is 2. The molecule has 1 heterocycles. The molecule has 0 fully saturated rings. The average molecular weight is 326 g/mol. The van der Waals surface area contributed by atoms with Crippen molar-refractivity contribution in [3.05, 3.63) is 64.8 Å². The number of aryl methyl sites for hydroxylation is 1. The molecule has 0 saturated carbocycles. The summed E-state index contributed by atoms with van der Waals surface area (Å²) in [6, 6.07) is 15.5. The SMILES string of the molecule is COc1ccc2nc(Cl)c(/C=N\Nc3ccccc3C)cc2c1. The van der Waals surface area contributed by atoms with Gasteiger partial charge in [0.25, 0.3) is 0 Å². The van der Waals surface area contributed by atoms with Crippen LogP contribution < -0.4 is 10.2 Å². The number of hydrazone groups is 1. The number of halogens is 1. The van der Waals surface area contributed by atoms with Crippen LogP contribution in [0.25, 0.3) is 10.9 Å². The van der Waals surface area contributed by atoms with Gasteiger partial charge in [0.2, 0.25) is 0 Å². The predicted octanol–water partition coefficient (Wildman–Crippen LogP) is 4.65. The second-order valence-electron chi connectivity index (χ2n) is 5.11. The lowest BCUT2D eigenvalue weighted by Gasteiger charge is -2.06. The Balaban J connectivity index is 1.88. The van der Waals surface area contributed by atoms with Crippen LogP contribution in [0.5, 0.6) is 5.75 Å². The first-order valence-corrected chi connectivity index (χ1v) is 7.54. The highest BCUT2D eigenvalue weighted by molar-refractivity contribution is 6.32. The summed E-state index contributed by atoms with van der Waals surface area (Å²) in [7, 11) is 1.64. The molecular formula is C18H16ClN3O. The summed E-state index contributed by atoms with van der Waals surface area (Å²) in [6.45, 7) is 2.02. The molecule has 23 heavy (non-hydrogen) atoms. The van der Waals surface area contributed by atoms with Gasteiger partial charge >= 0.3 is 0 Å². The van der Waals surface area contributed by atoms with E-state index in [2.05, 4.69) is 15.5 Å². The van der Waals surface area contributed by atoms with E-state index in [-0.39, 0.29) is 0 Å². The van der Waals surface area contributed by atoms with Crippen molar-refractivity contribution in [1.29, 1.82) is 0 Å². The Labute approximate surface area is 139 Å². The molecule has 0 radical (unpaired) electrons. The van der Waals surface area contributed by atoms with Gasteiger partial charge in [-0.15, -0.1) is 0 Å². The highest BCUT2D eigenvalue weighted by Gasteiger charge is 2.04. The van der Waals surface area contributed by atoms with E-state index in [0.717, 1.165) is 33.5 Å². The van der Waals surface area contributed by atoms with Crippen LogP contribution in [0.15, 0.2) is 53.6 Å². The Bertz CT molecular complexity index is 877. The summed E-state index contributed by atoms with van der Waals surface area (Å²) >= 11 is 6.23. The molecule has 0 bridgehead atoms. The molecule has 5 heteroatoms. The summed E-state index contributed by atoms with van der Waals surface area (Å²) in [5.41, 5.74) is 6.66. The fourth-order valence-electron chi connectivity index (χ4n) is 2.23. The molecule has 3 rings (SSSR count). The number of para-hydroxylation sites is 1. The smallest absolute Gasteiger partial charge is 0.138 e. The fraction of sp³-hybridized carbons (Fsp3) is 0.111. The van der Waals surface area contributed by atoms with Gasteiger partial charge in [0.05, 0.1) is 24.5 Å². The lowest BCUT2D eigenvalue weighted by Crippen LogP contribution is -1.95. The summed E-state index contributed by atoms with van der Waals surface area (Å²) in [5.74, 6) is 0.780. The Morgan fingerprint density at radius 3 is 2.78 bits per heavy atom. The first kappa shape index (κ1) is 15.3. The average Bonchev–Trinajstić information content (AvgIpc) is 2.56. The predicted molar refractivity (Wildman–Crippen MR) is 95.7 cm³/mol. The number of anilines is 1. The number of hydrogen-bond donors (Lipinski definition) is 1. The second kappa shape index (κ2) is 6.67. The number of benzene rings is 2. The van der Waals surface area contributed by atoms with Gasteiger partial charge in [-0.2, -0.15) is 5.10 Å². The highest BCUT2D eigenvalue weighted by Crippen LogP contribution is 2.23. The van der Waals surface area contributed by atoms with Crippen molar-refractivity contribution >= 4 is 34.4 Å². The molecule has 1 aromatic heterocycles. The molecule has 0 unspecified atom stereocenters. The number of hydrogen-bond acceptors (Lipinski definition) is 4. The van der Waals surface area contributed by atoms with Crippen molar-refractivity contribution < 1.29 is 4.74 Å². The van der Waals surface area contributed by atoms with Gasteiger partial charge in [-0.1, -0.05) is 29.8 Å². The Kier molecular flexibility index (Phi) is 4.44. The summed E-state index contributed by atoms with van der Waals surface area (Å²) in [5, 5.41) is 5.62. The van der Waals surface area contributed by atoms with Crippen LogP contribution >= 0.6 is 11.6 Å². The first-order valence-electron chi connectivity index (χ1n) is 7.16. The van der Waals surface area contributed by atoms with Gasteiger partial charge in [-0.05, 0) is 42.8 Å². The van der Waals surface area contributed by atoms with Crippen LogP contribution in [0.4, 0.5) is 5.69 Å². The van der Waals surface area contributed by atoms with Crippen LogP contribution in [-0.2, 0) is 0 Å². The summed E-state index contributed by atoms with van der Waals surface area (Å²) in [4.78, 5) is 4.39. The minimum Gasteiger partial charge on any atom is -0.497 e. The Morgan fingerprint density at radius 2 is 2.00 bits per heavy atom. The maximum Gasteiger partial charge on any atom is 0.138 e. The molecule has 1 N–H and O–H groups in total. The van der Waals surface area contributed by atoms with Crippen molar-refractivity contribution in [1.82, 2.24) is 4.98 Å². The van der Waals surface area contributed by atoms with E-state index >= 15 is 0 Å². The first-order chi connectivity index (χ1) is 11.2. The van der Waals surface area contributed by atoms with Gasteiger partial charge in [0.1, 0.15) is 10.9 Å². The van der Waals surface area contributed by atoms with E-state index in [1.165, 1.54) is 0 Å². The molecule has 0 aliphatic heterocycles. The van der Waals surface area contributed by atoms with Crippen LogP contribution in [0.2, 0.25) is 5.15 Å². The summed E-state index contributed by atoms with van der Waals surface area (Å²) in [6.07, 6.45) is 1.67. The van der Waals surface area contributed by atoms with Crippen LogP contribution in [0.1, 0.15) is 11.1 Å². The monoisotopic (exact) mass is 325 g/mol. The van der Waals surface area contributed by atoms with E-state index in [4.69, 9.17) is 16.3 Å². The molecule has 0 atom stereocenters. The number of ether oxygens (including phenoxy) is 1. The van der Waals surface area contributed by atoms with Crippen molar-refractivity contribution in [3.63, 3.8) is 0 Å². The van der Waals surface area contributed by atoms with Gasteiger partial charge in [-0.3, -0.25) is 5.43 Å². The summed E-state index contributed by atoms with van der Waals surface area (Å²) < 4.78 is 5.24. The number of fused-ring (bicyclic) bond motifs is 1. The zero-order chi connectivity index (χ0) is 16.2. The molecular weight excluding hydrogens is 310 g/mol. The maximum atomic E-state index is 6.23. The number of methoxy groups -OCH3 is 1. The number of nitrogens with one attached hydrogen (secondary N) is 1. The lowest BCUT2D eigenvalue weighted by molar-refractivity contribution is 0.415. The minimum atomic E-state index is 0.415. The van der Waals surface area contributed by atoms with Crippen molar-refractivity contribution in [2.45, 2.75) is 6.92 Å². The van der Waals surface area contributed by atoms with Gasteiger partial charge in [0.15, 0.2) is 0 Å². The second-order valence-corrected chi connectivity index (χ2v) is 5.47. The van der Waals surface area contributed by atoms with Crippen LogP contribution in [0, 0.1) is 6.92 Å². The van der Waals surface area contributed by atoms with Gasteiger partial charge in [-0.25, -0.2) is 4.98 Å². The van der Waals surface area contributed by atoms with E-state index < -0.39 is 0 Å². The molecule has 0 spiro atoms. The van der Waals surface area contributed by atoms with E-state index in [0.29, 0.717) is 5.15 Å². The van der Waals surface area contributed by atoms with Crippen LogP contribution in [0.3, 0.4) is 0 Å². The van der Waals surface area contributed by atoms with Crippen molar-refractivity contribution in [3.8, 4) is 5.75 Å². The zero-order valence-corrected chi connectivity index (χ0v) is 13.6. The third-order valence-electron chi connectivity index (χ3n) is 3.54. The fourth-order valence-corrected chi connectivity index (χ4v) is 2.43. The normalized spacial score (nSPS) is 11.1. The third kappa shape index (κ3) is 3.43. The zero-order valence-electron chi connectivity index (χ0n) is 12.9. The quantitative estimate of drug-likeness (QED) is 0.431. The lowest BCUT2D eigenvalue weighted by atomic mass is 10.1. The van der Waals surface area contributed by atoms with Gasteiger partial charge in [0, 0.05) is 10.9 Å². The van der Waals surface area contributed by atoms with E-state index in [1.807, 2.05) is 55.5 Å². The van der Waals surface area contributed by atoms with E-state index in [1.54, 1.807) is 13.3 Å². The molecule has 0 amide bonds. The van der Waals surface area contributed by atoms with E-state index in [9.17, 15) is 0 Å². The molecule has 116 valence electrons. The maximum absolute atomic E-state index is 6.23. The van der Waals surface area contributed by atoms with Gasteiger partial charge < -0.3 is 4.74 Å². The van der Waals surface area contributed by atoms with Crippen molar-refractivity contribution in [2.24, 2.45) is 5.10 Å². The molecule has 0 aliphatic carbocycles. The third-order valence-corrected chi connectivity index (χ3v) is 3.84. The largest absolute Gasteiger partial charge is 0.497 e. The highest BCUT2D eigenvalue weighted by atomic mass is 35.5. The molecule has 3 aromatic rings. The standard InChI is InChI=1S/C18H16ClN3O/c1-12-5-3-4-6-16(12)22-20-11-14-9-13-10-15(23-2)7-8-17(13)21-18(14)19/h3-11,22H,1-2H3/b20-11-. The Morgan fingerprint density at radius 1 is 1.17 bits per heavy atom. The van der Waals surface area contributed by atoms with Crippen LogP contribution in [-0.4, -0.2) is 18.3 Å². The molecule has 0 aliphatic rings. The number of pyridine rings is 1. The number of rotatable bonds is 4. The molecule has 0 saturated heterocycles. The molecule has 2 aromatic carbocycles.